The van der Waals surface area contributed by atoms with Crippen molar-refractivity contribution >= 4 is 22.9 Å². The highest BCUT2D eigenvalue weighted by atomic mass is 35.5. The molecule has 5 heteroatoms. The van der Waals surface area contributed by atoms with E-state index in [-0.39, 0.29) is 6.61 Å². The number of thiazole rings is 1. The van der Waals surface area contributed by atoms with E-state index in [9.17, 15) is 0 Å². The molecule has 3 nitrogen and oxygen atoms in total. The number of aliphatic hydroxyl groups is 1. The quantitative estimate of drug-likeness (QED) is 0.880. The molecule has 74 valence electrons. The van der Waals surface area contributed by atoms with Gasteiger partial charge in [0.25, 0.3) is 0 Å². The monoisotopic (exact) mass is 229 g/mol. The molecule has 2 heterocycles. The van der Waals surface area contributed by atoms with E-state index in [0.29, 0.717) is 17.4 Å². The first-order valence-corrected chi connectivity index (χ1v) is 5.36. The van der Waals surface area contributed by atoms with Crippen LogP contribution in [0.4, 0.5) is 0 Å². The molecule has 0 radical (unpaired) electrons. The average Bonchev–Trinajstić information content (AvgIpc) is 2.74. The Morgan fingerprint density at radius 3 is 3.00 bits per heavy atom. The Labute approximate surface area is 90.0 Å². The van der Waals surface area contributed by atoms with Gasteiger partial charge in [0.15, 0.2) is 16.0 Å². The summed E-state index contributed by atoms with van der Waals surface area (Å²) in [5.41, 5.74) is 0.875. The van der Waals surface area contributed by atoms with Crippen LogP contribution in [0.2, 0.25) is 5.22 Å². The van der Waals surface area contributed by atoms with Crippen molar-refractivity contribution in [2.45, 2.75) is 6.42 Å². The van der Waals surface area contributed by atoms with Crippen LogP contribution in [-0.4, -0.2) is 16.7 Å². The minimum atomic E-state index is 0.113. The number of nitrogens with zero attached hydrogens (tertiary/aromatic N) is 1. The van der Waals surface area contributed by atoms with Gasteiger partial charge >= 0.3 is 0 Å². The lowest BCUT2D eigenvalue weighted by Crippen LogP contribution is -1.89. The van der Waals surface area contributed by atoms with Crippen molar-refractivity contribution in [3.8, 4) is 10.8 Å². The predicted molar refractivity (Wildman–Crippen MR) is 55.6 cm³/mol. The van der Waals surface area contributed by atoms with Crippen LogP contribution in [0.1, 0.15) is 5.69 Å². The van der Waals surface area contributed by atoms with Gasteiger partial charge in [-0.15, -0.1) is 11.3 Å². The Morgan fingerprint density at radius 2 is 2.36 bits per heavy atom. The fourth-order valence-corrected chi connectivity index (χ4v) is 2.04. The van der Waals surface area contributed by atoms with Crippen LogP contribution < -0.4 is 0 Å². The highest BCUT2D eigenvalue weighted by Crippen LogP contribution is 2.27. The summed E-state index contributed by atoms with van der Waals surface area (Å²) in [5, 5.41) is 11.8. The highest BCUT2D eigenvalue weighted by molar-refractivity contribution is 7.13. The topological polar surface area (TPSA) is 46.3 Å². The molecule has 0 fully saturated rings. The molecular weight excluding hydrogens is 222 g/mol. The van der Waals surface area contributed by atoms with Gasteiger partial charge in [0, 0.05) is 18.4 Å². The zero-order valence-corrected chi connectivity index (χ0v) is 8.81. The van der Waals surface area contributed by atoms with Gasteiger partial charge in [0.1, 0.15) is 0 Å². The van der Waals surface area contributed by atoms with Crippen LogP contribution in [0.5, 0.6) is 0 Å². The summed E-state index contributed by atoms with van der Waals surface area (Å²) in [4.78, 5) is 4.29. The molecule has 2 aromatic heterocycles. The predicted octanol–water partition coefficient (Wildman–Crippen LogP) is 2.59. The number of hydrogen-bond donors (Lipinski definition) is 1. The second-order valence-corrected chi connectivity index (χ2v) is 3.95. The summed E-state index contributed by atoms with van der Waals surface area (Å²) in [6.45, 7) is 0.113. The lowest BCUT2D eigenvalue weighted by atomic mass is 10.3. The van der Waals surface area contributed by atoms with Crippen molar-refractivity contribution in [3.63, 3.8) is 0 Å². The summed E-state index contributed by atoms with van der Waals surface area (Å²) < 4.78 is 5.21. The number of aromatic nitrogens is 1. The lowest BCUT2D eigenvalue weighted by Gasteiger charge is -1.89. The Hall–Kier alpha value is -0.840. The summed E-state index contributed by atoms with van der Waals surface area (Å²) in [5.74, 6) is 0.671. The second-order valence-electron chi connectivity index (χ2n) is 2.72. The number of rotatable bonds is 3. The van der Waals surface area contributed by atoms with Crippen molar-refractivity contribution in [3.05, 3.63) is 28.4 Å². The molecule has 14 heavy (non-hydrogen) atoms. The van der Waals surface area contributed by atoms with Gasteiger partial charge in [0.05, 0.1) is 5.69 Å². The number of hydrogen-bond acceptors (Lipinski definition) is 4. The molecule has 0 saturated carbocycles. The molecule has 2 rings (SSSR count). The molecule has 0 aliphatic rings. The molecular formula is C9H8ClNO2S. The van der Waals surface area contributed by atoms with Crippen molar-refractivity contribution in [1.29, 1.82) is 0 Å². The lowest BCUT2D eigenvalue weighted by molar-refractivity contribution is 0.298. The van der Waals surface area contributed by atoms with Gasteiger partial charge in [-0.25, -0.2) is 4.98 Å². The zero-order valence-electron chi connectivity index (χ0n) is 7.24. The molecule has 0 unspecified atom stereocenters. The van der Waals surface area contributed by atoms with E-state index in [1.54, 1.807) is 12.1 Å². The van der Waals surface area contributed by atoms with Gasteiger partial charge in [-0.1, -0.05) is 0 Å². The van der Waals surface area contributed by atoms with Crippen molar-refractivity contribution < 1.29 is 9.52 Å². The third-order valence-corrected chi connectivity index (χ3v) is 2.81. The van der Waals surface area contributed by atoms with Crippen LogP contribution in [0.15, 0.2) is 21.9 Å². The smallest absolute Gasteiger partial charge is 0.194 e. The highest BCUT2D eigenvalue weighted by Gasteiger charge is 2.08. The number of furan rings is 1. The zero-order chi connectivity index (χ0) is 9.97. The average molecular weight is 230 g/mol. The first-order valence-electron chi connectivity index (χ1n) is 4.10. The Balaban J connectivity index is 2.24. The third-order valence-electron chi connectivity index (χ3n) is 1.70. The second kappa shape index (κ2) is 4.13. The molecule has 0 atom stereocenters. The molecule has 1 N–H and O–H groups in total. The SMILES string of the molecule is OCCc1csc(-c2ccc(Cl)o2)n1. The summed E-state index contributed by atoms with van der Waals surface area (Å²) in [7, 11) is 0. The van der Waals surface area contributed by atoms with E-state index in [1.165, 1.54) is 11.3 Å². The summed E-state index contributed by atoms with van der Waals surface area (Å²) in [6.07, 6.45) is 0.574. The van der Waals surface area contributed by atoms with Crippen LogP contribution >= 0.6 is 22.9 Å². The van der Waals surface area contributed by atoms with E-state index < -0.39 is 0 Å². The molecule has 0 aliphatic carbocycles. The van der Waals surface area contributed by atoms with Gasteiger partial charge in [0.2, 0.25) is 0 Å². The third kappa shape index (κ3) is 1.97. The maximum absolute atomic E-state index is 8.72. The van der Waals surface area contributed by atoms with E-state index in [0.717, 1.165) is 10.7 Å². The van der Waals surface area contributed by atoms with Crippen LogP contribution in [0.25, 0.3) is 10.8 Å². The number of aliphatic hydroxyl groups excluding tert-OH is 1. The van der Waals surface area contributed by atoms with E-state index in [4.69, 9.17) is 21.1 Å². The van der Waals surface area contributed by atoms with Crippen LogP contribution in [0.3, 0.4) is 0 Å². The Kier molecular flexibility index (Phi) is 2.86. The van der Waals surface area contributed by atoms with E-state index in [1.807, 2.05) is 5.38 Å². The standard InChI is InChI=1S/C9H8ClNO2S/c10-8-2-1-7(13-8)9-11-6(3-4-12)5-14-9/h1-2,5,12H,3-4H2. The van der Waals surface area contributed by atoms with E-state index in [2.05, 4.69) is 4.98 Å². The first kappa shape index (κ1) is 9.71. The summed E-state index contributed by atoms with van der Waals surface area (Å²) in [6, 6.07) is 3.47. The molecule has 0 saturated heterocycles. The van der Waals surface area contributed by atoms with Crippen LogP contribution in [-0.2, 0) is 6.42 Å². The maximum atomic E-state index is 8.72. The fourth-order valence-electron chi connectivity index (χ4n) is 1.08. The van der Waals surface area contributed by atoms with Gasteiger partial charge in [-0.2, -0.15) is 0 Å². The molecule has 0 amide bonds. The normalized spacial score (nSPS) is 10.7. The number of halogens is 1. The minimum Gasteiger partial charge on any atom is -0.442 e. The summed E-state index contributed by atoms with van der Waals surface area (Å²) >= 11 is 7.13. The van der Waals surface area contributed by atoms with Gasteiger partial charge in [-0.05, 0) is 23.7 Å². The minimum absolute atomic E-state index is 0.113. The maximum Gasteiger partial charge on any atom is 0.194 e. The Morgan fingerprint density at radius 1 is 1.50 bits per heavy atom. The molecule has 0 bridgehead atoms. The molecule has 0 spiro atoms. The molecule has 0 aromatic carbocycles. The van der Waals surface area contributed by atoms with Crippen LogP contribution in [0, 0.1) is 0 Å². The van der Waals surface area contributed by atoms with Crippen molar-refractivity contribution in [2.24, 2.45) is 0 Å². The van der Waals surface area contributed by atoms with Crippen molar-refractivity contribution in [1.82, 2.24) is 4.98 Å². The molecule has 2 aromatic rings. The Bertz CT molecular complexity index is 424. The fraction of sp³-hybridized carbons (Fsp3) is 0.222. The van der Waals surface area contributed by atoms with Crippen molar-refractivity contribution in [2.75, 3.05) is 6.61 Å². The largest absolute Gasteiger partial charge is 0.442 e. The van der Waals surface area contributed by atoms with Gasteiger partial charge in [-0.3, -0.25) is 0 Å². The first-order chi connectivity index (χ1) is 6.79. The molecule has 0 aliphatic heterocycles. The van der Waals surface area contributed by atoms with E-state index >= 15 is 0 Å². The van der Waals surface area contributed by atoms with Gasteiger partial charge < -0.3 is 9.52 Å².